The highest BCUT2D eigenvalue weighted by atomic mass is 79.9. The summed E-state index contributed by atoms with van der Waals surface area (Å²) in [5.74, 6) is -0.135. The second kappa shape index (κ2) is 7.12. The fourth-order valence-electron chi connectivity index (χ4n) is 1.51. The van der Waals surface area contributed by atoms with Crippen molar-refractivity contribution in [3.63, 3.8) is 0 Å². The SMILES string of the molecule is CON(C)C(=O)[C@@H](C)Oc1c(CC#N)ccc(O)c1Br. The third-order valence-corrected chi connectivity index (χ3v) is 3.42. The average molecular weight is 343 g/mol. The van der Waals surface area contributed by atoms with Gasteiger partial charge in [-0.25, -0.2) is 5.06 Å². The molecule has 0 aliphatic carbocycles. The van der Waals surface area contributed by atoms with Crippen molar-refractivity contribution in [3.05, 3.63) is 22.2 Å². The van der Waals surface area contributed by atoms with Crippen LogP contribution in [-0.4, -0.2) is 36.3 Å². The second-order valence-corrected chi connectivity index (χ2v) is 4.79. The smallest absolute Gasteiger partial charge is 0.286 e. The summed E-state index contributed by atoms with van der Waals surface area (Å²) in [5, 5.41) is 19.5. The molecule has 1 aromatic rings. The predicted octanol–water partition coefficient (Wildman–Crippen LogP) is 2.01. The molecule has 1 amide bonds. The summed E-state index contributed by atoms with van der Waals surface area (Å²) in [7, 11) is 2.84. The summed E-state index contributed by atoms with van der Waals surface area (Å²) in [5.41, 5.74) is 0.580. The molecule has 0 aliphatic rings. The van der Waals surface area contributed by atoms with E-state index in [0.29, 0.717) is 10.0 Å². The monoisotopic (exact) mass is 342 g/mol. The van der Waals surface area contributed by atoms with Gasteiger partial charge >= 0.3 is 0 Å². The van der Waals surface area contributed by atoms with Crippen molar-refractivity contribution in [2.24, 2.45) is 0 Å². The standard InChI is InChI=1S/C13H15BrN2O4/c1-8(13(18)16(2)19-3)20-12-9(6-7-15)4-5-10(17)11(12)14/h4-5,8,17H,6H2,1-3H3/t8-/m1/s1. The molecule has 1 aromatic carbocycles. The van der Waals surface area contributed by atoms with Gasteiger partial charge in [-0.05, 0) is 28.9 Å². The van der Waals surface area contributed by atoms with Gasteiger partial charge in [-0.1, -0.05) is 6.07 Å². The number of rotatable bonds is 5. The number of likely N-dealkylation sites (N-methyl/N-ethyl adjacent to an activating group) is 1. The molecule has 108 valence electrons. The van der Waals surface area contributed by atoms with Gasteiger partial charge in [0.15, 0.2) is 6.10 Å². The van der Waals surface area contributed by atoms with Crippen LogP contribution in [0.2, 0.25) is 0 Å². The summed E-state index contributed by atoms with van der Waals surface area (Å²) in [6.07, 6.45) is -0.717. The Hall–Kier alpha value is -1.78. The highest BCUT2D eigenvalue weighted by Gasteiger charge is 2.22. The number of nitriles is 1. The molecular weight excluding hydrogens is 328 g/mol. The lowest BCUT2D eigenvalue weighted by atomic mass is 10.1. The fraction of sp³-hybridized carbons (Fsp3) is 0.385. The molecule has 0 saturated carbocycles. The van der Waals surface area contributed by atoms with E-state index in [1.165, 1.54) is 20.2 Å². The van der Waals surface area contributed by atoms with E-state index in [-0.39, 0.29) is 23.8 Å². The molecule has 0 spiro atoms. The maximum Gasteiger partial charge on any atom is 0.286 e. The summed E-state index contributed by atoms with van der Waals surface area (Å²) in [4.78, 5) is 16.7. The first-order valence-electron chi connectivity index (χ1n) is 5.78. The second-order valence-electron chi connectivity index (χ2n) is 4.00. The van der Waals surface area contributed by atoms with Gasteiger partial charge in [-0.15, -0.1) is 0 Å². The first-order valence-corrected chi connectivity index (χ1v) is 6.57. The third kappa shape index (κ3) is 3.62. The molecule has 0 heterocycles. The molecule has 0 unspecified atom stereocenters. The van der Waals surface area contributed by atoms with Crippen LogP contribution in [0.1, 0.15) is 12.5 Å². The van der Waals surface area contributed by atoms with Crippen LogP contribution in [0.15, 0.2) is 16.6 Å². The Kier molecular flexibility index (Phi) is 5.80. The van der Waals surface area contributed by atoms with Crippen LogP contribution >= 0.6 is 15.9 Å². The number of phenolic OH excluding ortho intramolecular Hbond substituents is 1. The minimum Gasteiger partial charge on any atom is -0.507 e. The number of carbonyl (C=O) groups excluding carboxylic acids is 1. The number of hydrogen-bond acceptors (Lipinski definition) is 5. The fourth-order valence-corrected chi connectivity index (χ4v) is 1.99. The maximum atomic E-state index is 11.9. The van der Waals surface area contributed by atoms with Gasteiger partial charge in [0.2, 0.25) is 0 Å². The highest BCUT2D eigenvalue weighted by molar-refractivity contribution is 9.10. The van der Waals surface area contributed by atoms with Crippen LogP contribution in [-0.2, 0) is 16.1 Å². The summed E-state index contributed by atoms with van der Waals surface area (Å²) in [6.45, 7) is 1.56. The van der Waals surface area contributed by atoms with Crippen molar-refractivity contribution >= 4 is 21.8 Å². The Balaban J connectivity index is 3.04. The molecule has 1 rings (SSSR count). The van der Waals surface area contributed by atoms with Gasteiger partial charge in [0, 0.05) is 12.6 Å². The van der Waals surface area contributed by atoms with Crippen molar-refractivity contribution in [1.29, 1.82) is 5.26 Å². The number of hydrogen-bond donors (Lipinski definition) is 1. The van der Waals surface area contributed by atoms with Gasteiger partial charge < -0.3 is 9.84 Å². The molecule has 0 bridgehead atoms. The Labute approximate surface area is 125 Å². The quantitative estimate of drug-likeness (QED) is 0.827. The van der Waals surface area contributed by atoms with Gasteiger partial charge in [0.25, 0.3) is 5.91 Å². The summed E-state index contributed by atoms with van der Waals surface area (Å²) in [6, 6.07) is 5.04. The van der Waals surface area contributed by atoms with Crippen LogP contribution in [0.5, 0.6) is 11.5 Å². The molecule has 20 heavy (non-hydrogen) atoms. The number of benzene rings is 1. The van der Waals surface area contributed by atoms with E-state index in [4.69, 9.17) is 14.8 Å². The lowest BCUT2D eigenvalue weighted by Gasteiger charge is -2.21. The number of nitrogens with zero attached hydrogens (tertiary/aromatic N) is 2. The van der Waals surface area contributed by atoms with Crippen molar-refractivity contribution in [2.75, 3.05) is 14.2 Å². The summed E-state index contributed by atoms with van der Waals surface area (Å²) >= 11 is 3.19. The van der Waals surface area contributed by atoms with Gasteiger partial charge in [-0.3, -0.25) is 9.63 Å². The van der Waals surface area contributed by atoms with Crippen molar-refractivity contribution in [1.82, 2.24) is 5.06 Å². The van der Waals surface area contributed by atoms with Crippen LogP contribution in [0.4, 0.5) is 0 Å². The number of amides is 1. The van der Waals surface area contributed by atoms with E-state index in [9.17, 15) is 9.90 Å². The third-order valence-electron chi connectivity index (χ3n) is 2.65. The number of ether oxygens (including phenoxy) is 1. The van der Waals surface area contributed by atoms with Crippen LogP contribution < -0.4 is 4.74 Å². The minimum atomic E-state index is -0.824. The molecule has 6 nitrogen and oxygen atoms in total. The average Bonchev–Trinajstić information content (AvgIpc) is 2.44. The summed E-state index contributed by atoms with van der Waals surface area (Å²) < 4.78 is 5.88. The number of hydroxylamine groups is 2. The largest absolute Gasteiger partial charge is 0.507 e. The van der Waals surface area contributed by atoms with Crippen molar-refractivity contribution in [2.45, 2.75) is 19.4 Å². The number of halogens is 1. The van der Waals surface area contributed by atoms with Crippen molar-refractivity contribution < 1.29 is 19.5 Å². The highest BCUT2D eigenvalue weighted by Crippen LogP contribution is 2.37. The van der Waals surface area contributed by atoms with Crippen LogP contribution in [0.3, 0.4) is 0 Å². The molecule has 0 saturated heterocycles. The Morgan fingerprint density at radius 2 is 2.25 bits per heavy atom. The molecule has 1 atom stereocenters. The van der Waals surface area contributed by atoms with Crippen LogP contribution in [0, 0.1) is 11.3 Å². The topological polar surface area (TPSA) is 82.8 Å². The minimum absolute atomic E-state index is 0.0264. The normalized spacial score (nSPS) is 11.6. The Morgan fingerprint density at radius 1 is 1.60 bits per heavy atom. The van der Waals surface area contributed by atoms with Gasteiger partial charge in [-0.2, -0.15) is 5.26 Å². The predicted molar refractivity (Wildman–Crippen MR) is 75.0 cm³/mol. The zero-order valence-electron chi connectivity index (χ0n) is 11.4. The number of carbonyl (C=O) groups is 1. The Morgan fingerprint density at radius 3 is 2.80 bits per heavy atom. The molecule has 0 radical (unpaired) electrons. The molecule has 0 aliphatic heterocycles. The molecule has 0 aromatic heterocycles. The number of aromatic hydroxyl groups is 1. The zero-order chi connectivity index (χ0) is 15.3. The lowest BCUT2D eigenvalue weighted by molar-refractivity contribution is -0.175. The van der Waals surface area contributed by atoms with E-state index < -0.39 is 6.10 Å². The Bertz CT molecular complexity index is 542. The molecular formula is C13H15BrN2O4. The molecule has 0 fully saturated rings. The lowest BCUT2D eigenvalue weighted by Crippen LogP contribution is -2.37. The van der Waals surface area contributed by atoms with Crippen LogP contribution in [0.25, 0.3) is 0 Å². The zero-order valence-corrected chi connectivity index (χ0v) is 13.0. The van der Waals surface area contributed by atoms with E-state index >= 15 is 0 Å². The first kappa shape index (κ1) is 16.3. The van der Waals surface area contributed by atoms with E-state index in [2.05, 4.69) is 15.9 Å². The first-order chi connectivity index (χ1) is 9.42. The maximum absolute atomic E-state index is 11.9. The van der Waals surface area contributed by atoms with Gasteiger partial charge in [0.1, 0.15) is 16.0 Å². The number of phenols is 1. The van der Waals surface area contributed by atoms with E-state index in [0.717, 1.165) is 5.06 Å². The van der Waals surface area contributed by atoms with Gasteiger partial charge in [0.05, 0.1) is 19.6 Å². The molecule has 1 N–H and O–H groups in total. The van der Waals surface area contributed by atoms with E-state index in [1.807, 2.05) is 6.07 Å². The van der Waals surface area contributed by atoms with Crippen molar-refractivity contribution in [3.8, 4) is 17.6 Å². The van der Waals surface area contributed by atoms with E-state index in [1.54, 1.807) is 13.0 Å². The molecule has 7 heteroatoms.